The van der Waals surface area contributed by atoms with Gasteiger partial charge in [-0.2, -0.15) is 0 Å². The van der Waals surface area contributed by atoms with Crippen LogP contribution in [0, 0.1) is 0 Å². The van der Waals surface area contributed by atoms with Crippen molar-refractivity contribution in [2.24, 2.45) is 42.3 Å². The second-order valence-electron chi connectivity index (χ2n) is 6.74. The Balaban J connectivity index is 2.20. The summed E-state index contributed by atoms with van der Waals surface area (Å²) < 4.78 is 7.68. The smallest absolute Gasteiger partial charge is 0.319 e. The lowest BCUT2D eigenvalue weighted by molar-refractivity contribution is 0.698. The summed E-state index contributed by atoms with van der Waals surface area (Å²) in [6.07, 6.45) is 0. The normalized spacial score (nSPS) is 11.8. The average molecular weight is 386 g/mol. The minimum absolute atomic E-state index is 0.107. The first kappa shape index (κ1) is 17.7. The maximum absolute atomic E-state index is 12.6. The van der Waals surface area contributed by atoms with E-state index in [0.29, 0.717) is 17.3 Å². The van der Waals surface area contributed by atoms with E-state index in [9.17, 15) is 19.2 Å². The molecule has 0 fully saturated rings. The van der Waals surface area contributed by atoms with Crippen LogP contribution in [0.25, 0.3) is 34.0 Å². The maximum Gasteiger partial charge on any atom is 0.332 e. The summed E-state index contributed by atoms with van der Waals surface area (Å²) in [5.41, 5.74) is -1.11. The van der Waals surface area contributed by atoms with E-state index in [4.69, 9.17) is 0 Å². The van der Waals surface area contributed by atoms with Crippen molar-refractivity contribution in [3.8, 4) is 11.6 Å². The number of aryl methyl sites for hydroxylation is 4. The van der Waals surface area contributed by atoms with E-state index in [0.717, 1.165) is 9.13 Å². The molecule has 4 rings (SSSR count). The molecule has 0 saturated heterocycles. The highest BCUT2D eigenvalue weighted by molar-refractivity contribution is 5.79. The molecule has 0 aromatic carbocycles. The van der Waals surface area contributed by atoms with Gasteiger partial charge in [-0.25, -0.2) is 19.6 Å². The third kappa shape index (κ3) is 1.94. The Hall–Kier alpha value is -3.70. The van der Waals surface area contributed by atoms with Gasteiger partial charge in [0, 0.05) is 42.3 Å². The van der Waals surface area contributed by atoms with Crippen molar-refractivity contribution in [3.05, 3.63) is 41.7 Å². The molecule has 146 valence electrons. The van der Waals surface area contributed by atoms with Gasteiger partial charge >= 0.3 is 11.4 Å². The molecule has 0 unspecified atom stereocenters. The van der Waals surface area contributed by atoms with E-state index in [1.54, 1.807) is 25.7 Å². The van der Waals surface area contributed by atoms with Crippen molar-refractivity contribution in [1.82, 2.24) is 37.4 Å². The van der Waals surface area contributed by atoms with Crippen LogP contribution in [0.1, 0.15) is 0 Å². The number of rotatable bonds is 1. The standard InChI is InChI=1S/C16H18N8O4/c1-19-8-9(21(3)15(27)24(6)14(8)26)18-11(19)10-17-7-12(20(10)2)22(4)16(28)23(5)13(7)25/h1-6H3. The first-order valence-electron chi connectivity index (χ1n) is 8.33. The van der Waals surface area contributed by atoms with Crippen LogP contribution in [-0.4, -0.2) is 37.4 Å². The molecule has 0 saturated carbocycles. The van der Waals surface area contributed by atoms with Gasteiger partial charge in [-0.15, -0.1) is 0 Å². The predicted molar refractivity (Wildman–Crippen MR) is 101 cm³/mol. The van der Waals surface area contributed by atoms with E-state index in [1.165, 1.54) is 34.8 Å². The Morgan fingerprint density at radius 1 is 0.571 bits per heavy atom. The Kier molecular flexibility index (Phi) is 3.42. The monoisotopic (exact) mass is 386 g/mol. The predicted octanol–water partition coefficient (Wildman–Crippen LogP) is -2.08. The highest BCUT2D eigenvalue weighted by atomic mass is 16.2. The molecule has 12 heteroatoms. The van der Waals surface area contributed by atoms with Crippen LogP contribution in [0.4, 0.5) is 0 Å². The molecule has 0 aliphatic rings. The second kappa shape index (κ2) is 5.41. The molecule has 0 N–H and O–H groups in total. The van der Waals surface area contributed by atoms with Gasteiger partial charge in [-0.1, -0.05) is 0 Å². The lowest BCUT2D eigenvalue weighted by atomic mass is 10.5. The van der Waals surface area contributed by atoms with Crippen LogP contribution in [-0.2, 0) is 42.3 Å². The fourth-order valence-corrected chi connectivity index (χ4v) is 3.50. The fraction of sp³-hybridized carbons (Fsp3) is 0.375. The zero-order valence-electron chi connectivity index (χ0n) is 16.2. The molecule has 0 aliphatic heterocycles. The number of aromatic nitrogens is 8. The van der Waals surface area contributed by atoms with Crippen molar-refractivity contribution < 1.29 is 0 Å². The molecule has 0 aliphatic carbocycles. The lowest BCUT2D eigenvalue weighted by Crippen LogP contribution is -2.37. The molecule has 12 nitrogen and oxygen atoms in total. The third-order valence-corrected chi connectivity index (χ3v) is 5.14. The van der Waals surface area contributed by atoms with Gasteiger partial charge in [-0.05, 0) is 0 Å². The molecule has 4 aromatic rings. The van der Waals surface area contributed by atoms with Gasteiger partial charge in [0.25, 0.3) is 11.1 Å². The first-order chi connectivity index (χ1) is 13.1. The van der Waals surface area contributed by atoms with Crippen LogP contribution in [0.5, 0.6) is 0 Å². The lowest BCUT2D eigenvalue weighted by Gasteiger charge is -2.06. The summed E-state index contributed by atoms with van der Waals surface area (Å²) in [6.45, 7) is 0. The summed E-state index contributed by atoms with van der Waals surface area (Å²) >= 11 is 0. The summed E-state index contributed by atoms with van der Waals surface area (Å²) in [5.74, 6) is 0.586. The molecule has 0 spiro atoms. The van der Waals surface area contributed by atoms with Crippen LogP contribution in [0.3, 0.4) is 0 Å². The van der Waals surface area contributed by atoms with Gasteiger partial charge in [-0.3, -0.25) is 27.9 Å². The van der Waals surface area contributed by atoms with E-state index < -0.39 is 22.5 Å². The zero-order valence-corrected chi connectivity index (χ0v) is 16.2. The molecular formula is C16H18N8O4. The van der Waals surface area contributed by atoms with Crippen molar-refractivity contribution >= 4 is 22.3 Å². The maximum atomic E-state index is 12.6. The number of hydrogen-bond donors (Lipinski definition) is 0. The number of fused-ring (bicyclic) bond motifs is 2. The van der Waals surface area contributed by atoms with Gasteiger partial charge in [0.15, 0.2) is 28.3 Å². The zero-order chi connectivity index (χ0) is 20.7. The molecule has 0 radical (unpaired) electrons. The Morgan fingerprint density at radius 2 is 1.11 bits per heavy atom. The van der Waals surface area contributed by atoms with Crippen molar-refractivity contribution in [1.29, 1.82) is 0 Å². The first-order valence-corrected chi connectivity index (χ1v) is 8.33. The summed E-state index contributed by atoms with van der Waals surface area (Å²) in [6, 6.07) is 0. The van der Waals surface area contributed by atoms with Crippen molar-refractivity contribution in [2.75, 3.05) is 0 Å². The number of nitrogens with zero attached hydrogens (tertiary/aromatic N) is 8. The quantitative estimate of drug-likeness (QED) is 0.370. The van der Waals surface area contributed by atoms with E-state index in [-0.39, 0.29) is 16.7 Å². The molecule has 0 amide bonds. The molecule has 4 aromatic heterocycles. The topological polar surface area (TPSA) is 124 Å². The van der Waals surface area contributed by atoms with Crippen molar-refractivity contribution in [3.63, 3.8) is 0 Å². The van der Waals surface area contributed by atoms with Gasteiger partial charge in [0.05, 0.1) is 0 Å². The molecular weight excluding hydrogens is 368 g/mol. The SMILES string of the molecule is Cn1c(=O)c2c(nc(-c3nc4c(=O)n(C)c(=O)n(C)c4n3C)n2C)n(C)c1=O. The average Bonchev–Trinajstić information content (AvgIpc) is 3.18. The summed E-state index contributed by atoms with van der Waals surface area (Å²) in [7, 11) is 9.13. The Morgan fingerprint density at radius 3 is 1.75 bits per heavy atom. The largest absolute Gasteiger partial charge is 0.332 e. The van der Waals surface area contributed by atoms with E-state index in [1.807, 2.05) is 0 Å². The van der Waals surface area contributed by atoms with Crippen LogP contribution < -0.4 is 22.5 Å². The molecule has 0 atom stereocenters. The van der Waals surface area contributed by atoms with Gasteiger partial charge in [0.2, 0.25) is 0 Å². The van der Waals surface area contributed by atoms with Crippen LogP contribution in [0.2, 0.25) is 0 Å². The molecule has 0 bridgehead atoms. The highest BCUT2D eigenvalue weighted by Crippen LogP contribution is 2.22. The minimum atomic E-state index is -0.526. The van der Waals surface area contributed by atoms with Crippen LogP contribution >= 0.6 is 0 Å². The molecule has 28 heavy (non-hydrogen) atoms. The number of hydrogen-bond acceptors (Lipinski definition) is 6. The second-order valence-corrected chi connectivity index (χ2v) is 6.74. The summed E-state index contributed by atoms with van der Waals surface area (Å²) in [4.78, 5) is 58.4. The van der Waals surface area contributed by atoms with Gasteiger partial charge < -0.3 is 9.13 Å². The summed E-state index contributed by atoms with van der Waals surface area (Å²) in [5, 5.41) is 0. The molecule has 4 heterocycles. The Labute approximate surface area is 156 Å². The minimum Gasteiger partial charge on any atom is -0.319 e. The number of imidazole rings is 2. The van der Waals surface area contributed by atoms with Gasteiger partial charge in [0.1, 0.15) is 5.65 Å². The van der Waals surface area contributed by atoms with Crippen molar-refractivity contribution in [2.45, 2.75) is 0 Å². The third-order valence-electron chi connectivity index (χ3n) is 5.14. The van der Waals surface area contributed by atoms with E-state index in [2.05, 4.69) is 9.97 Å². The highest BCUT2D eigenvalue weighted by Gasteiger charge is 2.24. The van der Waals surface area contributed by atoms with E-state index >= 15 is 0 Å². The Bertz CT molecular complexity index is 1550. The van der Waals surface area contributed by atoms with Crippen LogP contribution in [0.15, 0.2) is 19.2 Å². The fourth-order valence-electron chi connectivity index (χ4n) is 3.50.